The summed E-state index contributed by atoms with van der Waals surface area (Å²) in [6.07, 6.45) is 0. The molecule has 1 N–H and O–H groups in total. The van der Waals surface area contributed by atoms with E-state index in [4.69, 9.17) is 25.8 Å². The van der Waals surface area contributed by atoms with Gasteiger partial charge in [-0.2, -0.15) is 0 Å². The molecule has 2 aromatic carbocycles. The summed E-state index contributed by atoms with van der Waals surface area (Å²) in [7, 11) is 4.38. The highest BCUT2D eigenvalue weighted by atomic mass is 35.5. The highest BCUT2D eigenvalue weighted by Gasteiger charge is 2.18. The molecule has 7 heteroatoms. The first-order valence-corrected chi connectivity index (χ1v) is 6.94. The van der Waals surface area contributed by atoms with Crippen molar-refractivity contribution in [3.8, 4) is 17.2 Å². The number of benzene rings is 2. The fourth-order valence-corrected chi connectivity index (χ4v) is 2.20. The fourth-order valence-electron chi connectivity index (χ4n) is 1.99. The first-order valence-electron chi connectivity index (χ1n) is 6.56. The zero-order valence-electron chi connectivity index (χ0n) is 12.8. The maximum Gasteiger partial charge on any atom is 0.259 e. The van der Waals surface area contributed by atoms with Crippen molar-refractivity contribution in [2.45, 2.75) is 0 Å². The van der Waals surface area contributed by atoms with E-state index in [0.29, 0.717) is 17.2 Å². The number of hydrogen-bond acceptors (Lipinski definition) is 4. The summed E-state index contributed by atoms with van der Waals surface area (Å²) in [6.45, 7) is 0. The Morgan fingerprint density at radius 3 is 2.17 bits per heavy atom. The Bertz CT molecular complexity index is 736. The van der Waals surface area contributed by atoms with Crippen LogP contribution in [0.15, 0.2) is 30.3 Å². The van der Waals surface area contributed by atoms with Crippen molar-refractivity contribution < 1.29 is 23.4 Å². The summed E-state index contributed by atoms with van der Waals surface area (Å²) in [6, 6.07) is 6.73. The van der Waals surface area contributed by atoms with E-state index in [2.05, 4.69) is 5.32 Å². The van der Waals surface area contributed by atoms with Crippen molar-refractivity contribution in [1.29, 1.82) is 0 Å². The van der Waals surface area contributed by atoms with E-state index in [9.17, 15) is 9.18 Å². The van der Waals surface area contributed by atoms with Gasteiger partial charge in [0.25, 0.3) is 5.91 Å². The topological polar surface area (TPSA) is 56.8 Å². The number of ether oxygens (including phenoxy) is 3. The molecule has 23 heavy (non-hydrogen) atoms. The molecule has 0 atom stereocenters. The molecule has 1 amide bonds. The van der Waals surface area contributed by atoms with Crippen LogP contribution in [0.5, 0.6) is 17.2 Å². The number of methoxy groups -OCH3 is 3. The molecule has 0 heterocycles. The second-order valence-corrected chi connectivity index (χ2v) is 4.89. The van der Waals surface area contributed by atoms with Gasteiger partial charge >= 0.3 is 0 Å². The summed E-state index contributed by atoms with van der Waals surface area (Å²) in [4.78, 5) is 12.5. The fraction of sp³-hybridized carbons (Fsp3) is 0.188. The van der Waals surface area contributed by atoms with Gasteiger partial charge in [0.05, 0.1) is 37.6 Å². The summed E-state index contributed by atoms with van der Waals surface area (Å²) < 4.78 is 28.6. The third kappa shape index (κ3) is 3.65. The van der Waals surface area contributed by atoms with Gasteiger partial charge in [0.15, 0.2) is 11.5 Å². The van der Waals surface area contributed by atoms with Gasteiger partial charge in [0.2, 0.25) is 0 Å². The zero-order chi connectivity index (χ0) is 17.0. The van der Waals surface area contributed by atoms with Crippen molar-refractivity contribution >= 4 is 23.2 Å². The smallest absolute Gasteiger partial charge is 0.259 e. The summed E-state index contributed by atoms with van der Waals surface area (Å²) in [5, 5.41) is 2.70. The molecule has 0 aliphatic rings. The Balaban J connectivity index is 2.38. The van der Waals surface area contributed by atoms with Crippen molar-refractivity contribution in [3.05, 3.63) is 46.7 Å². The number of amides is 1. The number of hydrogen-bond donors (Lipinski definition) is 1. The minimum Gasteiger partial charge on any atom is -0.496 e. The Morgan fingerprint density at radius 1 is 1.00 bits per heavy atom. The Kier molecular flexibility index (Phi) is 5.28. The molecule has 2 aromatic rings. The maximum absolute atomic E-state index is 13.1. The molecule has 0 bridgehead atoms. The molecule has 0 aromatic heterocycles. The number of halogens is 2. The molecular weight excluding hydrogens is 325 g/mol. The van der Waals surface area contributed by atoms with Crippen LogP contribution < -0.4 is 19.5 Å². The molecule has 0 fully saturated rings. The molecule has 0 saturated carbocycles. The van der Waals surface area contributed by atoms with Crippen molar-refractivity contribution in [3.63, 3.8) is 0 Å². The van der Waals surface area contributed by atoms with Crippen LogP contribution in [0.25, 0.3) is 0 Å². The van der Waals surface area contributed by atoms with Crippen LogP contribution in [0.1, 0.15) is 10.4 Å². The van der Waals surface area contributed by atoms with E-state index in [1.54, 1.807) is 6.07 Å². The minimum atomic E-state index is -0.489. The third-order valence-electron chi connectivity index (χ3n) is 3.13. The average molecular weight is 340 g/mol. The van der Waals surface area contributed by atoms with E-state index in [1.165, 1.54) is 39.5 Å². The quantitative estimate of drug-likeness (QED) is 0.901. The SMILES string of the molecule is COc1cc(OC)c(C(=O)Nc2ccc(F)cc2Cl)cc1OC. The lowest BCUT2D eigenvalue weighted by Crippen LogP contribution is -2.14. The number of carbonyl (C=O) groups excluding carboxylic acids is 1. The van der Waals surface area contributed by atoms with Gasteiger partial charge in [0.1, 0.15) is 11.6 Å². The summed E-state index contributed by atoms with van der Waals surface area (Å²) in [5.41, 5.74) is 0.514. The Hall–Kier alpha value is -2.47. The van der Waals surface area contributed by atoms with E-state index in [-0.39, 0.29) is 16.3 Å². The lowest BCUT2D eigenvalue weighted by molar-refractivity contribution is 0.102. The molecule has 0 radical (unpaired) electrons. The second-order valence-electron chi connectivity index (χ2n) is 4.49. The monoisotopic (exact) mass is 339 g/mol. The molecule has 0 unspecified atom stereocenters. The number of anilines is 1. The lowest BCUT2D eigenvalue weighted by Gasteiger charge is -2.14. The number of nitrogens with one attached hydrogen (secondary N) is 1. The van der Waals surface area contributed by atoms with Gasteiger partial charge in [-0.3, -0.25) is 4.79 Å². The molecule has 122 valence electrons. The van der Waals surface area contributed by atoms with Crippen LogP contribution in [0.4, 0.5) is 10.1 Å². The molecule has 2 rings (SSSR count). The van der Waals surface area contributed by atoms with Crippen LogP contribution in [0, 0.1) is 5.82 Å². The van der Waals surface area contributed by atoms with Crippen LogP contribution in [0.3, 0.4) is 0 Å². The zero-order valence-corrected chi connectivity index (χ0v) is 13.5. The minimum absolute atomic E-state index is 0.0952. The van der Waals surface area contributed by atoms with Gasteiger partial charge in [-0.15, -0.1) is 0 Å². The largest absolute Gasteiger partial charge is 0.496 e. The van der Waals surface area contributed by atoms with E-state index < -0.39 is 11.7 Å². The normalized spacial score (nSPS) is 10.1. The first kappa shape index (κ1) is 16.9. The average Bonchev–Trinajstić information content (AvgIpc) is 2.55. The van der Waals surface area contributed by atoms with Crippen LogP contribution in [-0.4, -0.2) is 27.2 Å². The number of carbonyl (C=O) groups is 1. The van der Waals surface area contributed by atoms with Crippen LogP contribution in [-0.2, 0) is 0 Å². The van der Waals surface area contributed by atoms with Crippen LogP contribution in [0.2, 0.25) is 5.02 Å². The molecule has 0 aliphatic heterocycles. The Morgan fingerprint density at radius 2 is 1.61 bits per heavy atom. The van der Waals surface area contributed by atoms with Gasteiger partial charge in [-0.1, -0.05) is 11.6 Å². The lowest BCUT2D eigenvalue weighted by atomic mass is 10.1. The third-order valence-corrected chi connectivity index (χ3v) is 3.44. The Labute approximate surface area is 137 Å². The predicted octanol–water partition coefficient (Wildman–Crippen LogP) is 3.76. The van der Waals surface area contributed by atoms with E-state index in [1.807, 2.05) is 0 Å². The van der Waals surface area contributed by atoms with Gasteiger partial charge in [0, 0.05) is 12.1 Å². The molecule has 0 aliphatic carbocycles. The van der Waals surface area contributed by atoms with Crippen molar-refractivity contribution in [2.75, 3.05) is 26.6 Å². The van der Waals surface area contributed by atoms with E-state index in [0.717, 1.165) is 6.07 Å². The van der Waals surface area contributed by atoms with Gasteiger partial charge < -0.3 is 19.5 Å². The molecule has 0 saturated heterocycles. The highest BCUT2D eigenvalue weighted by molar-refractivity contribution is 6.34. The molecule has 5 nitrogen and oxygen atoms in total. The molecular formula is C16H15ClFNO4. The van der Waals surface area contributed by atoms with E-state index >= 15 is 0 Å². The summed E-state index contributed by atoms with van der Waals surface area (Å²) in [5.74, 6) is 0.149. The van der Waals surface area contributed by atoms with Gasteiger partial charge in [-0.25, -0.2) is 4.39 Å². The second kappa shape index (κ2) is 7.19. The first-order chi connectivity index (χ1) is 11.0. The van der Waals surface area contributed by atoms with Gasteiger partial charge in [-0.05, 0) is 18.2 Å². The highest BCUT2D eigenvalue weighted by Crippen LogP contribution is 2.35. The van der Waals surface area contributed by atoms with Crippen molar-refractivity contribution in [2.24, 2.45) is 0 Å². The number of rotatable bonds is 5. The standard InChI is InChI=1S/C16H15ClFNO4/c1-21-13-8-15(23-3)14(22-2)7-10(13)16(20)19-12-5-4-9(18)6-11(12)17/h4-8H,1-3H3,(H,19,20). The maximum atomic E-state index is 13.1. The summed E-state index contributed by atoms with van der Waals surface area (Å²) >= 11 is 5.91. The van der Waals surface area contributed by atoms with Crippen molar-refractivity contribution in [1.82, 2.24) is 0 Å². The molecule has 0 spiro atoms. The predicted molar refractivity (Wildman–Crippen MR) is 85.5 cm³/mol. The van der Waals surface area contributed by atoms with Crippen LogP contribution >= 0.6 is 11.6 Å².